The van der Waals surface area contributed by atoms with E-state index in [2.05, 4.69) is 80.4 Å². The molecule has 0 aromatic heterocycles. The van der Waals surface area contributed by atoms with Crippen LogP contribution < -0.4 is 0 Å². The molecule has 38 heavy (non-hydrogen) atoms. The maximum absolute atomic E-state index is 7.58. The van der Waals surface area contributed by atoms with E-state index in [0.29, 0.717) is 23.3 Å². The molecule has 200 valence electrons. The lowest BCUT2D eigenvalue weighted by atomic mass is 9.58. The van der Waals surface area contributed by atoms with Crippen LogP contribution in [0.15, 0.2) is 65.8 Å². The SMILES string of the molecule is CN(CC1(C)COC1)[C@H]1CCC2=CC3=CC[C@]4(C)C(c5ccc6ccccc6c5)CC[C@H]4C34CC[C@]2(C1)O4. The summed E-state index contributed by atoms with van der Waals surface area (Å²) in [7, 11) is 2.35. The number of rotatable bonds is 4. The van der Waals surface area contributed by atoms with Crippen molar-refractivity contribution < 1.29 is 9.47 Å². The van der Waals surface area contributed by atoms with Crippen molar-refractivity contribution in [1.82, 2.24) is 4.90 Å². The maximum atomic E-state index is 7.58. The number of allylic oxidation sites excluding steroid dienone is 1. The van der Waals surface area contributed by atoms with Gasteiger partial charge in [-0.2, -0.15) is 0 Å². The molecule has 6 aliphatic rings. The van der Waals surface area contributed by atoms with Crippen molar-refractivity contribution in [3.8, 4) is 0 Å². The van der Waals surface area contributed by atoms with E-state index < -0.39 is 0 Å². The Morgan fingerprint density at radius 3 is 2.63 bits per heavy atom. The molecule has 3 aliphatic carbocycles. The Labute approximate surface area is 228 Å². The average Bonchev–Trinajstić information content (AvgIpc) is 3.42. The van der Waals surface area contributed by atoms with E-state index in [1.54, 1.807) is 5.57 Å². The molecule has 0 radical (unpaired) electrons. The van der Waals surface area contributed by atoms with Crippen LogP contribution in [-0.4, -0.2) is 49.0 Å². The fourth-order valence-corrected chi connectivity index (χ4v) is 10.0. The van der Waals surface area contributed by atoms with Crippen molar-refractivity contribution in [3.05, 3.63) is 71.3 Å². The van der Waals surface area contributed by atoms with Crippen LogP contribution in [0.2, 0.25) is 0 Å². The van der Waals surface area contributed by atoms with E-state index in [1.807, 2.05) is 0 Å². The van der Waals surface area contributed by atoms with Gasteiger partial charge < -0.3 is 14.4 Å². The molecule has 4 fully saturated rings. The van der Waals surface area contributed by atoms with Gasteiger partial charge in [-0.15, -0.1) is 0 Å². The molecular formula is C35H43NO2. The molecule has 6 atom stereocenters. The van der Waals surface area contributed by atoms with E-state index in [-0.39, 0.29) is 16.6 Å². The Bertz CT molecular complexity index is 1350. The van der Waals surface area contributed by atoms with Crippen LogP contribution >= 0.6 is 0 Å². The number of fused-ring (bicyclic) bond motifs is 2. The molecule has 2 bridgehead atoms. The fourth-order valence-electron chi connectivity index (χ4n) is 10.0. The summed E-state index contributed by atoms with van der Waals surface area (Å²) in [5.74, 6) is 1.21. The smallest absolute Gasteiger partial charge is 0.0974 e. The first-order valence-corrected chi connectivity index (χ1v) is 15.2. The fraction of sp³-hybridized carbons (Fsp3) is 0.600. The summed E-state index contributed by atoms with van der Waals surface area (Å²) in [6, 6.07) is 16.7. The normalized spacial score (nSPS) is 40.7. The summed E-state index contributed by atoms with van der Waals surface area (Å²) in [5.41, 5.74) is 5.15. The van der Waals surface area contributed by atoms with Crippen LogP contribution in [0.3, 0.4) is 0 Å². The van der Waals surface area contributed by atoms with Gasteiger partial charge in [-0.3, -0.25) is 0 Å². The molecule has 2 unspecified atom stereocenters. The van der Waals surface area contributed by atoms with Gasteiger partial charge in [0, 0.05) is 18.0 Å². The predicted molar refractivity (Wildman–Crippen MR) is 153 cm³/mol. The average molecular weight is 510 g/mol. The van der Waals surface area contributed by atoms with Gasteiger partial charge in [0.25, 0.3) is 0 Å². The Balaban J connectivity index is 1.10. The zero-order valence-corrected chi connectivity index (χ0v) is 23.5. The van der Waals surface area contributed by atoms with Gasteiger partial charge >= 0.3 is 0 Å². The van der Waals surface area contributed by atoms with Crippen LogP contribution in [0.4, 0.5) is 0 Å². The summed E-state index contributed by atoms with van der Waals surface area (Å²) in [6.07, 6.45) is 15.0. The van der Waals surface area contributed by atoms with Gasteiger partial charge in [0.1, 0.15) is 0 Å². The van der Waals surface area contributed by atoms with Crippen LogP contribution in [0.1, 0.15) is 76.7 Å². The Kier molecular flexibility index (Phi) is 5.07. The van der Waals surface area contributed by atoms with Crippen LogP contribution in [0.25, 0.3) is 10.8 Å². The monoisotopic (exact) mass is 509 g/mol. The summed E-state index contributed by atoms with van der Waals surface area (Å²) in [6.45, 7) is 7.93. The first-order chi connectivity index (χ1) is 18.3. The first-order valence-electron chi connectivity index (χ1n) is 15.2. The minimum Gasteiger partial charge on any atom is -0.380 e. The highest BCUT2D eigenvalue weighted by Gasteiger charge is 2.66. The first kappa shape index (κ1) is 23.9. The van der Waals surface area contributed by atoms with Crippen molar-refractivity contribution in [2.75, 3.05) is 26.8 Å². The van der Waals surface area contributed by atoms with Gasteiger partial charge in [0.15, 0.2) is 0 Å². The number of ether oxygens (including phenoxy) is 2. The molecule has 2 aromatic rings. The molecule has 3 nitrogen and oxygen atoms in total. The van der Waals surface area contributed by atoms with E-state index in [0.717, 1.165) is 19.8 Å². The molecule has 2 aromatic carbocycles. The summed E-state index contributed by atoms with van der Waals surface area (Å²) in [4.78, 5) is 2.64. The second kappa shape index (κ2) is 8.05. The molecule has 2 saturated carbocycles. The number of benzene rings is 2. The molecule has 3 aliphatic heterocycles. The maximum Gasteiger partial charge on any atom is 0.0974 e. The lowest BCUT2D eigenvalue weighted by molar-refractivity contribution is -0.147. The van der Waals surface area contributed by atoms with Gasteiger partial charge in [0.2, 0.25) is 0 Å². The Morgan fingerprint density at radius 2 is 1.82 bits per heavy atom. The largest absolute Gasteiger partial charge is 0.380 e. The highest BCUT2D eigenvalue weighted by Crippen LogP contribution is 2.69. The highest BCUT2D eigenvalue weighted by molar-refractivity contribution is 5.83. The second-order valence-electron chi connectivity index (χ2n) is 14.4. The molecule has 0 N–H and O–H groups in total. The number of hydrogen-bond acceptors (Lipinski definition) is 3. The van der Waals surface area contributed by atoms with Crippen LogP contribution in [-0.2, 0) is 9.47 Å². The lowest BCUT2D eigenvalue weighted by Gasteiger charge is -2.55. The zero-order chi connectivity index (χ0) is 25.8. The molecule has 2 saturated heterocycles. The van der Waals surface area contributed by atoms with Crippen molar-refractivity contribution in [2.45, 2.75) is 88.4 Å². The van der Waals surface area contributed by atoms with E-state index >= 15 is 0 Å². The number of hydrogen-bond donors (Lipinski definition) is 0. The second-order valence-corrected chi connectivity index (χ2v) is 14.4. The van der Waals surface area contributed by atoms with E-state index in [4.69, 9.17) is 9.47 Å². The molecule has 0 amide bonds. The van der Waals surface area contributed by atoms with Crippen molar-refractivity contribution in [2.24, 2.45) is 16.7 Å². The number of nitrogens with zero attached hydrogens (tertiary/aromatic N) is 1. The van der Waals surface area contributed by atoms with Gasteiger partial charge in [-0.25, -0.2) is 0 Å². The Morgan fingerprint density at radius 1 is 0.974 bits per heavy atom. The van der Waals surface area contributed by atoms with Gasteiger partial charge in [-0.05, 0) is 103 Å². The van der Waals surface area contributed by atoms with Gasteiger partial charge in [-0.1, -0.05) is 68.5 Å². The topological polar surface area (TPSA) is 21.7 Å². The minimum atomic E-state index is -0.0731. The van der Waals surface area contributed by atoms with Crippen molar-refractivity contribution >= 4 is 10.8 Å². The lowest BCUT2D eigenvalue weighted by Crippen LogP contribution is -2.56. The van der Waals surface area contributed by atoms with E-state index in [1.165, 1.54) is 73.3 Å². The summed E-state index contributed by atoms with van der Waals surface area (Å²) in [5, 5.41) is 2.73. The van der Waals surface area contributed by atoms with E-state index in [9.17, 15) is 0 Å². The van der Waals surface area contributed by atoms with Crippen LogP contribution in [0.5, 0.6) is 0 Å². The quantitative estimate of drug-likeness (QED) is 0.428. The van der Waals surface area contributed by atoms with Crippen molar-refractivity contribution in [1.29, 1.82) is 0 Å². The standard InChI is InChI=1S/C35H43NO2/c1-32(22-37-23-32)21-36(3)29-11-10-27-19-28-14-15-33(2)30(26-9-8-24-6-4-5-7-25(24)18-26)12-13-31(33)35(28)17-16-34(27,20-29)38-35/h4-9,14,18-19,29-31H,10-13,15-17,20-23H2,1-3H3/t29-,30?,31+,33+,34+,35?/m0/s1. The third-order valence-corrected chi connectivity index (χ3v) is 12.0. The summed E-state index contributed by atoms with van der Waals surface area (Å²) < 4.78 is 13.1. The zero-order valence-electron chi connectivity index (χ0n) is 23.5. The molecule has 3 heterocycles. The van der Waals surface area contributed by atoms with Crippen LogP contribution in [0, 0.1) is 16.7 Å². The van der Waals surface area contributed by atoms with Gasteiger partial charge in [0.05, 0.1) is 24.4 Å². The third kappa shape index (κ3) is 3.25. The molecule has 8 rings (SSSR count). The molecular weight excluding hydrogens is 466 g/mol. The molecule has 3 heteroatoms. The summed E-state index contributed by atoms with van der Waals surface area (Å²) >= 11 is 0. The minimum absolute atomic E-state index is 0.0369. The Hall–Kier alpha value is -1.94. The van der Waals surface area contributed by atoms with Crippen molar-refractivity contribution in [3.63, 3.8) is 0 Å². The third-order valence-electron chi connectivity index (χ3n) is 12.0. The molecule has 2 spiro atoms. The highest BCUT2D eigenvalue weighted by atomic mass is 16.5. The predicted octanol–water partition coefficient (Wildman–Crippen LogP) is 7.42.